The molecule has 1 aliphatic carbocycles. The maximum atomic E-state index is 13.0. The lowest BCUT2D eigenvalue weighted by Crippen LogP contribution is -2.70. The summed E-state index contributed by atoms with van der Waals surface area (Å²) in [4.78, 5) is 24.9. The van der Waals surface area contributed by atoms with Crippen LogP contribution in [0.5, 0.6) is 5.75 Å². The lowest BCUT2D eigenvalue weighted by molar-refractivity contribution is -0.412. The summed E-state index contributed by atoms with van der Waals surface area (Å²) in [6, 6.07) is 13.0. The second kappa shape index (κ2) is 7.90. The number of benzene rings is 2. The molecule has 6 N–H and O–H groups in total. The van der Waals surface area contributed by atoms with Gasteiger partial charge in [0.2, 0.25) is 5.91 Å². The molecule has 2 aromatic carbocycles. The van der Waals surface area contributed by atoms with Gasteiger partial charge >= 0.3 is 0 Å². The van der Waals surface area contributed by atoms with E-state index in [1.165, 1.54) is 6.92 Å². The van der Waals surface area contributed by atoms with Gasteiger partial charge in [-0.05, 0) is 35.2 Å². The van der Waals surface area contributed by atoms with E-state index >= 15 is 0 Å². The number of carbonyl (C=O) groups excluding carboxylic acids is 2. The Balaban J connectivity index is 1.82. The van der Waals surface area contributed by atoms with Crippen LogP contribution in [0, 0.1) is 5.92 Å². The third-order valence-electron chi connectivity index (χ3n) is 5.21. The molecule has 0 unspecified atom stereocenters. The Morgan fingerprint density at radius 3 is 2.67 bits per heavy atom. The van der Waals surface area contributed by atoms with Crippen molar-refractivity contribution in [2.45, 2.75) is 38.0 Å². The van der Waals surface area contributed by atoms with Crippen LogP contribution in [0.1, 0.15) is 29.7 Å². The van der Waals surface area contributed by atoms with E-state index in [-0.39, 0.29) is 23.9 Å². The molecule has 0 heterocycles. The molecule has 0 aliphatic heterocycles. The normalized spacial score (nSPS) is 20.6. The summed E-state index contributed by atoms with van der Waals surface area (Å²) in [5, 5.41) is 23.0. The number of aromatic hydroxyl groups is 1. The Hall–Kier alpha value is -2.70. The molecule has 0 saturated heterocycles. The summed E-state index contributed by atoms with van der Waals surface area (Å²) in [6.45, 7) is 1.42. The highest BCUT2D eigenvalue weighted by atomic mass is 16.3. The van der Waals surface area contributed by atoms with Crippen molar-refractivity contribution in [2.75, 3.05) is 0 Å². The zero-order valence-electron chi connectivity index (χ0n) is 15.3. The monoisotopic (exact) mass is 369 g/mol. The van der Waals surface area contributed by atoms with E-state index in [0.29, 0.717) is 6.42 Å². The number of rotatable bonds is 6. The third kappa shape index (κ3) is 4.18. The highest BCUT2D eigenvalue weighted by Gasteiger charge is 2.37. The van der Waals surface area contributed by atoms with Crippen LogP contribution in [0.3, 0.4) is 0 Å². The minimum absolute atomic E-state index is 0.107. The van der Waals surface area contributed by atoms with Gasteiger partial charge in [0, 0.05) is 13.3 Å². The standard InChI is InChI=1S/C21H24N2O4/c1-12(24)19(22)17(10-13-5-4-7-15(25)9-13)21(27)23-20-16-8-3-2-6-14(16)11-18(20)26/h2-9,17-20,25-26H,10-11,22H2,1H3,(H,23,27)/p+1/t17-,18-,19-,20+/m1/s1. The van der Waals surface area contributed by atoms with Crippen LogP contribution in [-0.4, -0.2) is 34.0 Å². The van der Waals surface area contributed by atoms with Gasteiger partial charge in [-0.25, -0.2) is 0 Å². The first-order valence-corrected chi connectivity index (χ1v) is 9.04. The Kier molecular flexibility index (Phi) is 5.58. The van der Waals surface area contributed by atoms with Crippen molar-refractivity contribution >= 4 is 11.7 Å². The van der Waals surface area contributed by atoms with Crippen LogP contribution in [0.15, 0.2) is 48.5 Å². The number of hydrogen-bond donors (Lipinski definition) is 4. The van der Waals surface area contributed by atoms with E-state index in [9.17, 15) is 19.8 Å². The number of aliphatic hydroxyl groups excluding tert-OH is 1. The minimum atomic E-state index is -0.721. The number of amides is 1. The summed E-state index contributed by atoms with van der Waals surface area (Å²) in [5.41, 5.74) is 6.54. The van der Waals surface area contributed by atoms with Gasteiger partial charge in [-0.15, -0.1) is 0 Å². The van der Waals surface area contributed by atoms with Crippen molar-refractivity contribution in [3.8, 4) is 5.75 Å². The number of ketones is 1. The molecule has 0 radical (unpaired) electrons. The lowest BCUT2D eigenvalue weighted by Gasteiger charge is -2.24. The van der Waals surface area contributed by atoms with Gasteiger partial charge in [0.1, 0.15) is 11.7 Å². The van der Waals surface area contributed by atoms with Crippen LogP contribution < -0.4 is 11.1 Å². The Bertz CT molecular complexity index is 852. The number of nitrogens with one attached hydrogen (secondary N) is 1. The van der Waals surface area contributed by atoms with E-state index in [1.54, 1.807) is 24.3 Å². The van der Waals surface area contributed by atoms with Crippen LogP contribution >= 0.6 is 0 Å². The molecular formula is C21H25N2O4+. The number of phenolic OH excluding ortho intramolecular Hbond substituents is 1. The number of phenols is 1. The maximum Gasteiger partial charge on any atom is 0.230 e. The van der Waals surface area contributed by atoms with E-state index < -0.39 is 24.1 Å². The average Bonchev–Trinajstić information content (AvgIpc) is 2.94. The quantitative estimate of drug-likeness (QED) is 0.594. The smallest absolute Gasteiger partial charge is 0.230 e. The molecule has 3 rings (SSSR count). The van der Waals surface area contributed by atoms with Gasteiger partial charge in [-0.1, -0.05) is 36.4 Å². The molecule has 142 valence electrons. The molecule has 4 atom stereocenters. The second-order valence-electron chi connectivity index (χ2n) is 7.15. The number of quaternary nitrogens is 1. The first kappa shape index (κ1) is 19.1. The van der Waals surface area contributed by atoms with Crippen molar-refractivity contribution in [3.63, 3.8) is 0 Å². The fraction of sp³-hybridized carbons (Fsp3) is 0.333. The van der Waals surface area contributed by atoms with E-state index in [1.807, 2.05) is 24.3 Å². The summed E-state index contributed by atoms with van der Waals surface area (Å²) in [6.07, 6.45) is 0.0606. The molecular weight excluding hydrogens is 344 g/mol. The Morgan fingerprint density at radius 1 is 1.22 bits per heavy atom. The minimum Gasteiger partial charge on any atom is -0.508 e. The van der Waals surface area contributed by atoms with Crippen LogP contribution in [0.2, 0.25) is 0 Å². The van der Waals surface area contributed by atoms with Crippen LogP contribution in [-0.2, 0) is 22.4 Å². The number of fused-ring (bicyclic) bond motifs is 1. The molecule has 1 amide bonds. The topological polar surface area (TPSA) is 114 Å². The van der Waals surface area contributed by atoms with Gasteiger partial charge in [-0.2, -0.15) is 0 Å². The largest absolute Gasteiger partial charge is 0.508 e. The SMILES string of the molecule is CC(=O)[C@@H]([NH3+])[C@@H](Cc1cccc(O)c1)C(=O)N[C@H]1c2ccccc2C[C@H]1O. The van der Waals surface area contributed by atoms with E-state index in [2.05, 4.69) is 11.1 Å². The maximum absolute atomic E-state index is 13.0. The third-order valence-corrected chi connectivity index (χ3v) is 5.21. The lowest BCUT2D eigenvalue weighted by atomic mass is 9.89. The highest BCUT2D eigenvalue weighted by Crippen LogP contribution is 2.31. The fourth-order valence-corrected chi connectivity index (χ4v) is 3.65. The summed E-state index contributed by atoms with van der Waals surface area (Å²) in [5.74, 6) is -1.09. The van der Waals surface area contributed by atoms with Gasteiger partial charge in [0.05, 0.1) is 12.1 Å². The van der Waals surface area contributed by atoms with E-state index in [0.717, 1.165) is 16.7 Å². The zero-order valence-corrected chi connectivity index (χ0v) is 15.3. The van der Waals surface area contributed by atoms with Gasteiger partial charge in [-0.3, -0.25) is 9.59 Å². The van der Waals surface area contributed by atoms with Gasteiger partial charge in [0.15, 0.2) is 11.8 Å². The fourth-order valence-electron chi connectivity index (χ4n) is 3.65. The van der Waals surface area contributed by atoms with Crippen molar-refractivity contribution in [3.05, 3.63) is 65.2 Å². The van der Waals surface area contributed by atoms with Gasteiger partial charge < -0.3 is 21.3 Å². The molecule has 1 aliphatic rings. The first-order valence-electron chi connectivity index (χ1n) is 9.04. The van der Waals surface area contributed by atoms with Crippen molar-refractivity contribution in [2.24, 2.45) is 5.92 Å². The summed E-state index contributed by atoms with van der Waals surface area (Å²) >= 11 is 0. The molecule has 0 saturated carbocycles. The number of Topliss-reactive ketones (excluding diaryl/α,β-unsaturated/α-hetero) is 1. The summed E-state index contributed by atoms with van der Waals surface area (Å²) < 4.78 is 0. The number of hydrogen-bond acceptors (Lipinski definition) is 4. The van der Waals surface area contributed by atoms with Crippen LogP contribution in [0.25, 0.3) is 0 Å². The van der Waals surface area contributed by atoms with E-state index in [4.69, 9.17) is 0 Å². The predicted molar refractivity (Wildman–Crippen MR) is 99.7 cm³/mol. The van der Waals surface area contributed by atoms with Crippen molar-refractivity contribution in [1.29, 1.82) is 0 Å². The molecule has 0 fully saturated rings. The molecule has 0 aromatic heterocycles. The van der Waals surface area contributed by atoms with Crippen LogP contribution in [0.4, 0.5) is 0 Å². The number of carbonyl (C=O) groups is 2. The van der Waals surface area contributed by atoms with Crippen molar-refractivity contribution < 1.29 is 25.5 Å². The van der Waals surface area contributed by atoms with Gasteiger partial charge in [0.25, 0.3) is 0 Å². The summed E-state index contributed by atoms with van der Waals surface area (Å²) in [7, 11) is 0. The molecule has 27 heavy (non-hydrogen) atoms. The predicted octanol–water partition coefficient (Wildman–Crippen LogP) is 0.525. The molecule has 0 spiro atoms. The second-order valence-corrected chi connectivity index (χ2v) is 7.15. The first-order chi connectivity index (χ1) is 12.9. The molecule has 6 heteroatoms. The molecule has 2 aromatic rings. The van der Waals surface area contributed by atoms with Crippen molar-refractivity contribution in [1.82, 2.24) is 5.32 Å². The Labute approximate surface area is 158 Å². The Morgan fingerprint density at radius 2 is 1.96 bits per heavy atom. The number of aliphatic hydroxyl groups is 1. The highest BCUT2D eigenvalue weighted by molar-refractivity contribution is 5.89. The molecule has 0 bridgehead atoms. The average molecular weight is 369 g/mol. The zero-order chi connectivity index (χ0) is 19.6. The molecule has 6 nitrogen and oxygen atoms in total.